The van der Waals surface area contributed by atoms with Crippen LogP contribution >= 0.6 is 0 Å². The Morgan fingerprint density at radius 3 is 2.71 bits per heavy atom. The second-order valence-electron chi connectivity index (χ2n) is 7.13. The lowest BCUT2D eigenvalue weighted by atomic mass is 10.0. The van der Waals surface area contributed by atoms with Gasteiger partial charge in [0.15, 0.2) is 5.69 Å². The van der Waals surface area contributed by atoms with E-state index in [0.717, 1.165) is 43.7 Å². The van der Waals surface area contributed by atoms with Crippen LogP contribution in [0, 0.1) is 0 Å². The number of amides is 1. The number of carbonyl (C=O) groups is 1. The minimum atomic E-state index is -0.0969. The minimum absolute atomic E-state index is 0.0969. The Hall–Kier alpha value is -2.93. The van der Waals surface area contributed by atoms with E-state index in [-0.39, 0.29) is 11.9 Å². The molecule has 1 saturated heterocycles. The van der Waals surface area contributed by atoms with Gasteiger partial charge in [0.1, 0.15) is 6.26 Å². The van der Waals surface area contributed by atoms with Gasteiger partial charge >= 0.3 is 0 Å². The van der Waals surface area contributed by atoms with Crippen LogP contribution in [-0.4, -0.2) is 63.2 Å². The molecule has 3 heterocycles. The molecule has 0 atom stereocenters. The van der Waals surface area contributed by atoms with Crippen molar-refractivity contribution in [2.24, 2.45) is 0 Å². The predicted octanol–water partition coefficient (Wildman–Crippen LogP) is 3.08. The SMILES string of the molecule is CCN1CCC(N(C)C(=O)c2coc(-c3cnn(-c4ccccc4)c3)n2)CC1. The Morgan fingerprint density at radius 2 is 2.00 bits per heavy atom. The van der Waals surface area contributed by atoms with E-state index in [0.29, 0.717) is 11.6 Å². The monoisotopic (exact) mass is 379 g/mol. The average Bonchev–Trinajstić information content (AvgIpc) is 3.43. The molecule has 28 heavy (non-hydrogen) atoms. The van der Waals surface area contributed by atoms with E-state index >= 15 is 0 Å². The van der Waals surface area contributed by atoms with Gasteiger partial charge in [-0.1, -0.05) is 25.1 Å². The van der Waals surface area contributed by atoms with Crippen LogP contribution in [0.3, 0.4) is 0 Å². The minimum Gasteiger partial charge on any atom is -0.444 e. The number of rotatable bonds is 5. The van der Waals surface area contributed by atoms with Crippen LogP contribution in [-0.2, 0) is 0 Å². The molecular formula is C21H25N5O2. The first-order valence-corrected chi connectivity index (χ1v) is 9.71. The third-order valence-corrected chi connectivity index (χ3v) is 5.45. The van der Waals surface area contributed by atoms with Crippen molar-refractivity contribution < 1.29 is 9.21 Å². The molecule has 0 aliphatic carbocycles. The number of oxazole rings is 1. The van der Waals surface area contributed by atoms with Gasteiger partial charge in [0.25, 0.3) is 5.91 Å². The quantitative estimate of drug-likeness (QED) is 0.681. The van der Waals surface area contributed by atoms with Crippen LogP contribution in [0.15, 0.2) is 53.4 Å². The highest BCUT2D eigenvalue weighted by Crippen LogP contribution is 2.22. The van der Waals surface area contributed by atoms with Crippen molar-refractivity contribution in [1.82, 2.24) is 24.6 Å². The summed E-state index contributed by atoms with van der Waals surface area (Å²) in [5.41, 5.74) is 2.03. The summed E-state index contributed by atoms with van der Waals surface area (Å²) in [5, 5.41) is 4.36. The summed E-state index contributed by atoms with van der Waals surface area (Å²) in [6.45, 7) is 5.29. The van der Waals surface area contributed by atoms with Gasteiger partial charge in [-0.3, -0.25) is 4.79 Å². The Kier molecular flexibility index (Phi) is 5.25. The zero-order chi connectivity index (χ0) is 19.5. The van der Waals surface area contributed by atoms with E-state index < -0.39 is 0 Å². The zero-order valence-corrected chi connectivity index (χ0v) is 16.3. The summed E-state index contributed by atoms with van der Waals surface area (Å²) in [6.07, 6.45) is 6.96. The topological polar surface area (TPSA) is 67.4 Å². The van der Waals surface area contributed by atoms with Gasteiger partial charge in [-0.15, -0.1) is 0 Å². The summed E-state index contributed by atoms with van der Waals surface area (Å²) < 4.78 is 7.33. The first-order chi connectivity index (χ1) is 13.7. The lowest BCUT2D eigenvalue weighted by Crippen LogP contribution is -2.45. The number of piperidine rings is 1. The van der Waals surface area contributed by atoms with Gasteiger partial charge in [-0.25, -0.2) is 9.67 Å². The standard InChI is InChI=1S/C21H25N5O2/c1-3-25-11-9-17(10-12-25)24(2)21(27)19-15-28-20(23-19)16-13-22-26(14-16)18-7-5-4-6-8-18/h4-8,13-15,17H,3,9-12H2,1-2H3. The van der Waals surface area contributed by atoms with Crippen molar-refractivity contribution in [2.75, 3.05) is 26.7 Å². The average molecular weight is 379 g/mol. The second kappa shape index (κ2) is 7.98. The van der Waals surface area contributed by atoms with Gasteiger partial charge in [0.05, 0.1) is 17.4 Å². The molecule has 1 aromatic carbocycles. The van der Waals surface area contributed by atoms with Gasteiger partial charge in [-0.2, -0.15) is 5.10 Å². The van der Waals surface area contributed by atoms with Crippen molar-refractivity contribution in [1.29, 1.82) is 0 Å². The van der Waals surface area contributed by atoms with Crippen LogP contribution in [0.1, 0.15) is 30.3 Å². The molecule has 1 amide bonds. The third-order valence-electron chi connectivity index (χ3n) is 5.45. The summed E-state index contributed by atoms with van der Waals surface area (Å²) in [4.78, 5) is 21.5. The molecule has 1 aliphatic rings. The molecular weight excluding hydrogens is 354 g/mol. The maximum Gasteiger partial charge on any atom is 0.275 e. The highest BCUT2D eigenvalue weighted by molar-refractivity contribution is 5.92. The molecule has 0 N–H and O–H groups in total. The summed E-state index contributed by atoms with van der Waals surface area (Å²) in [6, 6.07) is 10.1. The molecule has 1 fully saturated rings. The molecule has 3 aromatic rings. The molecule has 0 bridgehead atoms. The first kappa shape index (κ1) is 18.4. The largest absolute Gasteiger partial charge is 0.444 e. The Labute approximate surface area is 164 Å². The molecule has 1 aliphatic heterocycles. The number of likely N-dealkylation sites (tertiary alicyclic amines) is 1. The van der Waals surface area contributed by atoms with Gasteiger partial charge in [0, 0.05) is 32.4 Å². The molecule has 4 rings (SSSR count). The maximum atomic E-state index is 12.8. The number of hydrogen-bond acceptors (Lipinski definition) is 5. The fraction of sp³-hybridized carbons (Fsp3) is 0.381. The van der Waals surface area contributed by atoms with Gasteiger partial charge in [-0.05, 0) is 31.5 Å². The number of aromatic nitrogens is 3. The fourth-order valence-corrected chi connectivity index (χ4v) is 3.63. The predicted molar refractivity (Wildman–Crippen MR) is 106 cm³/mol. The number of nitrogens with zero attached hydrogens (tertiary/aromatic N) is 5. The van der Waals surface area contributed by atoms with Crippen molar-refractivity contribution in [2.45, 2.75) is 25.8 Å². The highest BCUT2D eigenvalue weighted by Gasteiger charge is 2.27. The molecule has 7 nitrogen and oxygen atoms in total. The molecule has 146 valence electrons. The number of benzene rings is 1. The lowest BCUT2D eigenvalue weighted by Gasteiger charge is -2.35. The molecule has 0 spiro atoms. The lowest BCUT2D eigenvalue weighted by molar-refractivity contribution is 0.0641. The smallest absolute Gasteiger partial charge is 0.275 e. The van der Waals surface area contributed by atoms with Crippen LogP contribution < -0.4 is 0 Å². The normalized spacial score (nSPS) is 15.6. The number of para-hydroxylation sites is 1. The van der Waals surface area contributed by atoms with Crippen molar-refractivity contribution in [3.63, 3.8) is 0 Å². The van der Waals surface area contributed by atoms with E-state index in [1.807, 2.05) is 48.5 Å². The van der Waals surface area contributed by atoms with Crippen LogP contribution in [0.5, 0.6) is 0 Å². The van der Waals surface area contributed by atoms with Crippen LogP contribution in [0.25, 0.3) is 17.1 Å². The van der Waals surface area contributed by atoms with Crippen molar-refractivity contribution in [3.8, 4) is 17.1 Å². The first-order valence-electron chi connectivity index (χ1n) is 9.71. The van der Waals surface area contributed by atoms with Gasteiger partial charge < -0.3 is 14.2 Å². The van der Waals surface area contributed by atoms with Crippen molar-refractivity contribution >= 4 is 5.91 Å². The molecule has 0 saturated carbocycles. The molecule has 0 radical (unpaired) electrons. The van der Waals surface area contributed by atoms with E-state index in [9.17, 15) is 4.79 Å². The van der Waals surface area contributed by atoms with E-state index in [4.69, 9.17) is 4.42 Å². The Bertz CT molecular complexity index is 925. The molecule has 2 aromatic heterocycles. The summed E-state index contributed by atoms with van der Waals surface area (Å²) >= 11 is 0. The maximum absolute atomic E-state index is 12.8. The fourth-order valence-electron chi connectivity index (χ4n) is 3.63. The molecule has 0 unspecified atom stereocenters. The summed E-state index contributed by atoms with van der Waals surface area (Å²) in [5.74, 6) is 0.306. The number of carbonyl (C=O) groups excluding carboxylic acids is 1. The zero-order valence-electron chi connectivity index (χ0n) is 16.3. The third kappa shape index (κ3) is 3.71. The van der Waals surface area contributed by atoms with Gasteiger partial charge in [0.2, 0.25) is 5.89 Å². The van der Waals surface area contributed by atoms with E-state index in [1.54, 1.807) is 10.9 Å². The van der Waals surface area contributed by atoms with E-state index in [1.165, 1.54) is 6.26 Å². The summed E-state index contributed by atoms with van der Waals surface area (Å²) in [7, 11) is 1.86. The number of hydrogen-bond donors (Lipinski definition) is 0. The Morgan fingerprint density at radius 1 is 1.25 bits per heavy atom. The van der Waals surface area contributed by atoms with Crippen LogP contribution in [0.2, 0.25) is 0 Å². The second-order valence-corrected chi connectivity index (χ2v) is 7.13. The van der Waals surface area contributed by atoms with E-state index in [2.05, 4.69) is 21.9 Å². The highest BCUT2D eigenvalue weighted by atomic mass is 16.3. The molecule has 7 heteroatoms. The van der Waals surface area contributed by atoms with Crippen molar-refractivity contribution in [3.05, 3.63) is 54.7 Å². The Balaban J connectivity index is 1.45. The van der Waals surface area contributed by atoms with Crippen LogP contribution in [0.4, 0.5) is 0 Å².